The summed E-state index contributed by atoms with van der Waals surface area (Å²) in [6.07, 6.45) is 0. The van der Waals surface area contributed by atoms with Gasteiger partial charge in [0, 0.05) is 0 Å². The van der Waals surface area contributed by atoms with E-state index >= 15 is 0 Å². The quantitative estimate of drug-likeness (QED) is 0.783. The Labute approximate surface area is 126 Å². The van der Waals surface area contributed by atoms with Crippen molar-refractivity contribution in [2.24, 2.45) is 0 Å². The van der Waals surface area contributed by atoms with Crippen LogP contribution >= 0.6 is 0 Å². The first-order valence-electron chi connectivity index (χ1n) is 6.93. The van der Waals surface area contributed by atoms with Gasteiger partial charge in [-0.25, -0.2) is 8.78 Å². The van der Waals surface area contributed by atoms with Gasteiger partial charge < -0.3 is 4.12 Å². The van der Waals surface area contributed by atoms with E-state index in [4.69, 9.17) is 4.12 Å². The molecule has 5 heteroatoms. The topological polar surface area (TPSA) is 9.23 Å². The van der Waals surface area contributed by atoms with Gasteiger partial charge in [0.2, 0.25) is 16.6 Å². The van der Waals surface area contributed by atoms with E-state index in [1.807, 2.05) is 12.1 Å². The van der Waals surface area contributed by atoms with Crippen molar-refractivity contribution >= 4 is 27.0 Å². The van der Waals surface area contributed by atoms with Crippen molar-refractivity contribution in [3.63, 3.8) is 0 Å². The Morgan fingerprint density at radius 1 is 0.714 bits per heavy atom. The maximum atomic E-state index is 13.4. The van der Waals surface area contributed by atoms with Crippen molar-refractivity contribution in [1.82, 2.24) is 0 Å². The SMILES string of the molecule is C[Si](C)(O[Si](C)(C)c1cccc(F)c1)c1cccc(F)c1. The highest BCUT2D eigenvalue weighted by Crippen LogP contribution is 2.16. The van der Waals surface area contributed by atoms with Gasteiger partial charge in [0.15, 0.2) is 0 Å². The van der Waals surface area contributed by atoms with E-state index in [0.29, 0.717) is 0 Å². The lowest BCUT2D eigenvalue weighted by Crippen LogP contribution is -2.57. The van der Waals surface area contributed by atoms with Gasteiger partial charge in [-0.3, -0.25) is 0 Å². The highest BCUT2D eigenvalue weighted by atomic mass is 28.4. The molecule has 0 aromatic heterocycles. The Morgan fingerprint density at radius 2 is 1.10 bits per heavy atom. The van der Waals surface area contributed by atoms with E-state index in [1.54, 1.807) is 24.3 Å². The molecule has 0 N–H and O–H groups in total. The fourth-order valence-electron chi connectivity index (χ4n) is 2.48. The monoisotopic (exact) mass is 322 g/mol. The zero-order chi connectivity index (χ0) is 15.7. The minimum atomic E-state index is -2.25. The van der Waals surface area contributed by atoms with Crippen LogP contribution in [0.25, 0.3) is 0 Å². The first-order valence-corrected chi connectivity index (χ1v) is 12.7. The molecule has 112 valence electrons. The van der Waals surface area contributed by atoms with E-state index in [9.17, 15) is 8.78 Å². The highest BCUT2D eigenvalue weighted by molar-refractivity contribution is 6.96. The Balaban J connectivity index is 2.30. The van der Waals surface area contributed by atoms with Gasteiger partial charge in [-0.2, -0.15) is 0 Å². The second-order valence-electron chi connectivity index (χ2n) is 6.14. The molecule has 0 atom stereocenters. The second-order valence-corrected chi connectivity index (χ2v) is 14.2. The zero-order valence-corrected chi connectivity index (χ0v) is 14.8. The summed E-state index contributed by atoms with van der Waals surface area (Å²) in [4.78, 5) is 0. The Morgan fingerprint density at radius 3 is 1.43 bits per heavy atom. The fourth-order valence-corrected chi connectivity index (χ4v) is 10.5. The molecule has 0 bridgehead atoms. The smallest absolute Gasteiger partial charge is 0.206 e. The molecule has 2 aromatic rings. The van der Waals surface area contributed by atoms with Crippen molar-refractivity contribution in [2.45, 2.75) is 26.2 Å². The Hall–Kier alpha value is -1.31. The molecule has 0 spiro atoms. The van der Waals surface area contributed by atoms with Crippen molar-refractivity contribution in [3.8, 4) is 0 Å². The van der Waals surface area contributed by atoms with Crippen LogP contribution in [0.1, 0.15) is 0 Å². The predicted molar refractivity (Wildman–Crippen MR) is 88.1 cm³/mol. The minimum Gasteiger partial charge on any atom is -0.449 e. The standard InChI is InChI=1S/C16H20F2OSi2/c1-20(2,15-9-5-7-13(17)11-15)19-21(3,4)16-10-6-8-14(18)12-16/h5-12H,1-4H3. The Kier molecular flexibility index (Phi) is 4.46. The van der Waals surface area contributed by atoms with Crippen molar-refractivity contribution in [3.05, 3.63) is 60.2 Å². The van der Waals surface area contributed by atoms with Gasteiger partial charge in [0.1, 0.15) is 11.6 Å². The van der Waals surface area contributed by atoms with Crippen LogP contribution < -0.4 is 10.4 Å². The van der Waals surface area contributed by atoms with E-state index in [1.165, 1.54) is 12.1 Å². The molecule has 1 nitrogen and oxygen atoms in total. The Bertz CT molecular complexity index is 586. The van der Waals surface area contributed by atoms with Crippen LogP contribution in [0.5, 0.6) is 0 Å². The molecule has 0 radical (unpaired) electrons. The molecule has 0 aliphatic heterocycles. The van der Waals surface area contributed by atoms with Crippen LogP contribution in [0.15, 0.2) is 48.5 Å². The minimum absolute atomic E-state index is 0.248. The molecule has 0 unspecified atom stereocenters. The lowest BCUT2D eigenvalue weighted by molar-refractivity contribution is 0.570. The zero-order valence-electron chi connectivity index (χ0n) is 12.8. The fraction of sp³-hybridized carbons (Fsp3) is 0.250. The number of halogens is 2. The van der Waals surface area contributed by atoms with Crippen LogP contribution in [0.4, 0.5) is 8.78 Å². The summed E-state index contributed by atoms with van der Waals surface area (Å²) in [7, 11) is -4.49. The van der Waals surface area contributed by atoms with Gasteiger partial charge in [0.25, 0.3) is 0 Å². The first kappa shape index (κ1) is 16.1. The third kappa shape index (κ3) is 3.87. The number of hydrogen-bond donors (Lipinski definition) is 0. The maximum absolute atomic E-state index is 13.4. The molecule has 0 aliphatic carbocycles. The average molecular weight is 323 g/mol. The number of hydrogen-bond acceptors (Lipinski definition) is 1. The summed E-state index contributed by atoms with van der Waals surface area (Å²) in [5.74, 6) is -0.496. The highest BCUT2D eigenvalue weighted by Gasteiger charge is 2.36. The lowest BCUT2D eigenvalue weighted by atomic mass is 10.3. The van der Waals surface area contributed by atoms with Crippen molar-refractivity contribution in [1.29, 1.82) is 0 Å². The molecule has 0 fully saturated rings. The second kappa shape index (κ2) is 5.83. The third-order valence-corrected chi connectivity index (χ3v) is 11.0. The van der Waals surface area contributed by atoms with Crippen LogP contribution in [-0.2, 0) is 4.12 Å². The van der Waals surface area contributed by atoms with Gasteiger partial charge in [-0.1, -0.05) is 24.3 Å². The average Bonchev–Trinajstić information content (AvgIpc) is 2.37. The third-order valence-electron chi connectivity index (χ3n) is 3.55. The molecular weight excluding hydrogens is 302 g/mol. The van der Waals surface area contributed by atoms with Gasteiger partial charge in [0.05, 0.1) is 0 Å². The maximum Gasteiger partial charge on any atom is 0.206 e. The summed E-state index contributed by atoms with van der Waals surface area (Å²) in [5, 5.41) is 1.83. The molecule has 2 rings (SSSR count). The summed E-state index contributed by atoms with van der Waals surface area (Å²) in [5.41, 5.74) is 0. The van der Waals surface area contributed by atoms with Crippen molar-refractivity contribution < 1.29 is 12.9 Å². The normalized spacial score (nSPS) is 12.5. The van der Waals surface area contributed by atoms with Crippen LogP contribution in [0, 0.1) is 11.6 Å². The van der Waals surface area contributed by atoms with E-state index in [2.05, 4.69) is 26.2 Å². The van der Waals surface area contributed by atoms with Crippen LogP contribution in [0.2, 0.25) is 26.2 Å². The molecule has 0 amide bonds. The molecule has 0 saturated heterocycles. The molecule has 2 aromatic carbocycles. The first-order chi connectivity index (χ1) is 9.71. The van der Waals surface area contributed by atoms with E-state index in [-0.39, 0.29) is 11.6 Å². The van der Waals surface area contributed by atoms with Crippen molar-refractivity contribution in [2.75, 3.05) is 0 Å². The summed E-state index contributed by atoms with van der Waals surface area (Å²) < 4.78 is 33.3. The molecule has 0 heterocycles. The molecular formula is C16H20F2OSi2. The molecule has 0 aliphatic rings. The van der Waals surface area contributed by atoms with Gasteiger partial charge in [-0.15, -0.1) is 0 Å². The van der Waals surface area contributed by atoms with E-state index in [0.717, 1.165) is 10.4 Å². The predicted octanol–water partition coefficient (Wildman–Crippen LogP) is 3.51. The summed E-state index contributed by atoms with van der Waals surface area (Å²) in [6, 6.07) is 13.2. The summed E-state index contributed by atoms with van der Waals surface area (Å²) in [6.45, 7) is 8.21. The lowest BCUT2D eigenvalue weighted by Gasteiger charge is -2.34. The van der Waals surface area contributed by atoms with Gasteiger partial charge >= 0.3 is 0 Å². The number of rotatable bonds is 4. The van der Waals surface area contributed by atoms with Crippen LogP contribution in [-0.4, -0.2) is 16.6 Å². The molecule has 21 heavy (non-hydrogen) atoms. The summed E-state index contributed by atoms with van der Waals surface area (Å²) >= 11 is 0. The van der Waals surface area contributed by atoms with Crippen LogP contribution in [0.3, 0.4) is 0 Å². The largest absolute Gasteiger partial charge is 0.449 e. The van der Waals surface area contributed by atoms with Gasteiger partial charge in [-0.05, 0) is 60.8 Å². The molecule has 0 saturated carbocycles. The van der Waals surface area contributed by atoms with E-state index < -0.39 is 16.6 Å². The number of benzene rings is 2.